The summed E-state index contributed by atoms with van der Waals surface area (Å²) in [4.78, 5) is 14.2. The minimum Gasteiger partial charge on any atom is -0.370 e. The van der Waals surface area contributed by atoms with Crippen molar-refractivity contribution >= 4 is 11.5 Å². The molecule has 0 radical (unpaired) electrons. The Kier molecular flexibility index (Phi) is 4.62. The van der Waals surface area contributed by atoms with Crippen LogP contribution >= 0.6 is 0 Å². The van der Waals surface area contributed by atoms with Gasteiger partial charge in [0.15, 0.2) is 0 Å². The maximum Gasteiger partial charge on any atom is 0.274 e. The molecule has 0 saturated heterocycles. The molecule has 0 spiro atoms. The summed E-state index contributed by atoms with van der Waals surface area (Å²) < 4.78 is 0. The van der Waals surface area contributed by atoms with E-state index in [0.29, 0.717) is 18.8 Å². The molecule has 0 aliphatic rings. The lowest BCUT2D eigenvalue weighted by molar-refractivity contribution is -0.384. The van der Waals surface area contributed by atoms with Crippen LogP contribution in [0.15, 0.2) is 48.7 Å². The van der Waals surface area contributed by atoms with Crippen molar-refractivity contribution in [3.8, 4) is 0 Å². The van der Waals surface area contributed by atoms with Crippen LogP contribution < -0.4 is 11.1 Å². The molecule has 1 unspecified atom stereocenters. The van der Waals surface area contributed by atoms with Crippen molar-refractivity contribution in [2.45, 2.75) is 12.5 Å². The van der Waals surface area contributed by atoms with Gasteiger partial charge in [0.1, 0.15) is 5.82 Å². The zero-order valence-corrected chi connectivity index (χ0v) is 10.9. The van der Waals surface area contributed by atoms with Gasteiger partial charge in [-0.15, -0.1) is 0 Å². The lowest BCUT2D eigenvalue weighted by Crippen LogP contribution is -2.15. The number of hydrogen-bond donors (Lipinski definition) is 2. The molecule has 0 aliphatic carbocycles. The Morgan fingerprint density at radius 1 is 1.30 bits per heavy atom. The molecular formula is C14H16N4O2. The third-order valence-electron chi connectivity index (χ3n) is 2.94. The quantitative estimate of drug-likeness (QED) is 0.622. The molecule has 0 bridgehead atoms. The van der Waals surface area contributed by atoms with Crippen molar-refractivity contribution in [2.75, 3.05) is 11.9 Å². The smallest absolute Gasteiger partial charge is 0.274 e. The standard InChI is InChI=1S/C14H16N4O2/c15-13(11-4-2-1-3-5-11)7-9-17-14-10-12(18(19)20)6-8-16-14/h1-6,8,10,13H,7,9,15H2,(H,16,17). The third kappa shape index (κ3) is 3.76. The van der Waals surface area contributed by atoms with Crippen LogP contribution in [0.2, 0.25) is 0 Å². The fraction of sp³-hybridized carbons (Fsp3) is 0.214. The van der Waals surface area contributed by atoms with Crippen LogP contribution in [0.5, 0.6) is 0 Å². The molecule has 2 rings (SSSR count). The van der Waals surface area contributed by atoms with E-state index in [1.54, 1.807) is 0 Å². The SMILES string of the molecule is NC(CCNc1cc([N+](=O)[O-])ccn1)c1ccccc1. The van der Waals surface area contributed by atoms with E-state index < -0.39 is 4.92 Å². The second kappa shape index (κ2) is 6.63. The number of hydrogen-bond acceptors (Lipinski definition) is 5. The van der Waals surface area contributed by atoms with Crippen molar-refractivity contribution in [3.05, 3.63) is 64.3 Å². The third-order valence-corrected chi connectivity index (χ3v) is 2.94. The number of nitrogens with zero attached hydrogens (tertiary/aromatic N) is 2. The summed E-state index contributed by atoms with van der Waals surface area (Å²) in [5, 5.41) is 13.7. The topological polar surface area (TPSA) is 94.1 Å². The number of pyridine rings is 1. The number of anilines is 1. The van der Waals surface area contributed by atoms with Gasteiger partial charge in [-0.3, -0.25) is 10.1 Å². The number of aromatic nitrogens is 1. The van der Waals surface area contributed by atoms with Gasteiger partial charge in [-0.1, -0.05) is 30.3 Å². The molecule has 3 N–H and O–H groups in total. The number of nitrogens with one attached hydrogen (secondary N) is 1. The van der Waals surface area contributed by atoms with Crippen LogP contribution in [-0.2, 0) is 0 Å². The average molecular weight is 272 g/mol. The Bertz CT molecular complexity index is 574. The summed E-state index contributed by atoms with van der Waals surface area (Å²) in [6, 6.07) is 12.5. The van der Waals surface area contributed by atoms with E-state index in [0.717, 1.165) is 5.56 Å². The predicted octanol–water partition coefficient (Wildman–Crippen LogP) is 2.49. The van der Waals surface area contributed by atoms with E-state index in [4.69, 9.17) is 5.73 Å². The first-order valence-corrected chi connectivity index (χ1v) is 6.31. The molecule has 20 heavy (non-hydrogen) atoms. The van der Waals surface area contributed by atoms with Gasteiger partial charge >= 0.3 is 0 Å². The van der Waals surface area contributed by atoms with E-state index in [-0.39, 0.29) is 11.7 Å². The van der Waals surface area contributed by atoms with Gasteiger partial charge < -0.3 is 11.1 Å². The summed E-state index contributed by atoms with van der Waals surface area (Å²) in [6.45, 7) is 0.601. The Hall–Kier alpha value is -2.47. The second-order valence-electron chi connectivity index (χ2n) is 4.39. The van der Waals surface area contributed by atoms with E-state index in [1.807, 2.05) is 30.3 Å². The fourth-order valence-corrected chi connectivity index (χ4v) is 1.85. The Morgan fingerprint density at radius 2 is 2.05 bits per heavy atom. The molecule has 1 aromatic carbocycles. The highest BCUT2D eigenvalue weighted by molar-refractivity contribution is 5.44. The maximum absolute atomic E-state index is 10.7. The van der Waals surface area contributed by atoms with Gasteiger partial charge in [0, 0.05) is 24.8 Å². The lowest BCUT2D eigenvalue weighted by Gasteiger charge is -2.12. The van der Waals surface area contributed by atoms with Gasteiger partial charge in [0.2, 0.25) is 0 Å². The number of rotatable bonds is 6. The van der Waals surface area contributed by atoms with E-state index in [2.05, 4.69) is 10.3 Å². The summed E-state index contributed by atoms with van der Waals surface area (Å²) in [7, 11) is 0. The van der Waals surface area contributed by atoms with E-state index in [1.165, 1.54) is 18.3 Å². The van der Waals surface area contributed by atoms with Gasteiger partial charge in [-0.05, 0) is 12.0 Å². The first-order valence-electron chi connectivity index (χ1n) is 6.31. The monoisotopic (exact) mass is 272 g/mol. The van der Waals surface area contributed by atoms with Crippen LogP contribution in [0.25, 0.3) is 0 Å². The highest BCUT2D eigenvalue weighted by Crippen LogP contribution is 2.16. The minimum atomic E-state index is -0.442. The van der Waals surface area contributed by atoms with Crippen LogP contribution in [0.4, 0.5) is 11.5 Å². The molecule has 1 atom stereocenters. The molecule has 0 fully saturated rings. The predicted molar refractivity (Wildman–Crippen MR) is 77.4 cm³/mol. The lowest BCUT2D eigenvalue weighted by atomic mass is 10.1. The van der Waals surface area contributed by atoms with Gasteiger partial charge in [-0.2, -0.15) is 0 Å². The van der Waals surface area contributed by atoms with Crippen molar-refractivity contribution in [3.63, 3.8) is 0 Å². The van der Waals surface area contributed by atoms with Crippen LogP contribution in [0, 0.1) is 10.1 Å². The van der Waals surface area contributed by atoms with Crippen molar-refractivity contribution in [1.82, 2.24) is 4.98 Å². The van der Waals surface area contributed by atoms with Crippen LogP contribution in [0.1, 0.15) is 18.0 Å². The average Bonchev–Trinajstić information content (AvgIpc) is 2.48. The van der Waals surface area contributed by atoms with E-state index >= 15 is 0 Å². The molecule has 104 valence electrons. The highest BCUT2D eigenvalue weighted by atomic mass is 16.6. The molecule has 0 amide bonds. The maximum atomic E-state index is 10.7. The Morgan fingerprint density at radius 3 is 2.75 bits per heavy atom. The van der Waals surface area contributed by atoms with Crippen molar-refractivity contribution < 1.29 is 4.92 Å². The molecule has 1 heterocycles. The van der Waals surface area contributed by atoms with Crippen molar-refractivity contribution in [2.24, 2.45) is 5.73 Å². The number of benzene rings is 1. The summed E-state index contributed by atoms with van der Waals surface area (Å²) in [5.41, 5.74) is 7.16. The molecule has 6 nitrogen and oxygen atoms in total. The second-order valence-corrected chi connectivity index (χ2v) is 4.39. The fourth-order valence-electron chi connectivity index (χ4n) is 1.85. The largest absolute Gasteiger partial charge is 0.370 e. The van der Waals surface area contributed by atoms with Gasteiger partial charge in [-0.25, -0.2) is 4.98 Å². The highest BCUT2D eigenvalue weighted by Gasteiger charge is 2.08. The van der Waals surface area contributed by atoms with Gasteiger partial charge in [0.05, 0.1) is 11.0 Å². The minimum absolute atomic E-state index is 0.0230. The van der Waals surface area contributed by atoms with Gasteiger partial charge in [0.25, 0.3) is 5.69 Å². The van der Waals surface area contributed by atoms with Crippen LogP contribution in [0.3, 0.4) is 0 Å². The van der Waals surface area contributed by atoms with E-state index in [9.17, 15) is 10.1 Å². The molecule has 0 saturated carbocycles. The number of nitrogens with two attached hydrogens (primary N) is 1. The molecule has 2 aromatic rings. The first-order chi connectivity index (χ1) is 9.66. The first kappa shape index (κ1) is 14.0. The molecule has 0 aliphatic heterocycles. The summed E-state index contributed by atoms with van der Waals surface area (Å²) in [5.74, 6) is 0.486. The molecule has 1 aromatic heterocycles. The zero-order valence-electron chi connectivity index (χ0n) is 10.9. The summed E-state index contributed by atoms with van der Waals surface area (Å²) >= 11 is 0. The summed E-state index contributed by atoms with van der Waals surface area (Å²) in [6.07, 6.45) is 2.13. The zero-order chi connectivity index (χ0) is 14.4. The molecule has 6 heteroatoms. The number of nitro groups is 1. The Balaban J connectivity index is 1.87. The normalized spacial score (nSPS) is 11.8. The van der Waals surface area contributed by atoms with Crippen LogP contribution in [-0.4, -0.2) is 16.5 Å². The molecular weight excluding hydrogens is 256 g/mol. The van der Waals surface area contributed by atoms with Crippen molar-refractivity contribution in [1.29, 1.82) is 0 Å². The Labute approximate surface area is 116 Å².